The molecule has 0 radical (unpaired) electrons. The van der Waals surface area contributed by atoms with Crippen LogP contribution in [-0.2, 0) is 13.0 Å². The summed E-state index contributed by atoms with van der Waals surface area (Å²) in [7, 11) is 3.80. The van der Waals surface area contributed by atoms with Gasteiger partial charge in [-0.1, -0.05) is 0 Å². The van der Waals surface area contributed by atoms with E-state index in [0.29, 0.717) is 0 Å². The van der Waals surface area contributed by atoms with Crippen molar-refractivity contribution in [1.29, 1.82) is 0 Å². The molecule has 3 rings (SSSR count). The lowest BCUT2D eigenvalue weighted by Crippen LogP contribution is -2.26. The van der Waals surface area contributed by atoms with Crippen molar-refractivity contribution in [3.63, 3.8) is 0 Å². The molecule has 0 aliphatic heterocycles. The van der Waals surface area contributed by atoms with Gasteiger partial charge in [0.25, 0.3) is 0 Å². The third-order valence-corrected chi connectivity index (χ3v) is 4.09. The minimum absolute atomic E-state index is 0.847. The first kappa shape index (κ1) is 15.6. The van der Waals surface area contributed by atoms with Gasteiger partial charge in [0.15, 0.2) is 0 Å². The molecule has 0 aliphatic rings. The van der Waals surface area contributed by atoms with Crippen molar-refractivity contribution < 1.29 is 4.74 Å². The maximum atomic E-state index is 5.24. The van der Waals surface area contributed by atoms with E-state index in [1.165, 1.54) is 5.69 Å². The van der Waals surface area contributed by atoms with Crippen LogP contribution in [0.3, 0.4) is 0 Å². The van der Waals surface area contributed by atoms with E-state index < -0.39 is 0 Å². The highest BCUT2D eigenvalue weighted by molar-refractivity contribution is 5.76. The molecule has 0 atom stereocenters. The molecule has 6 nitrogen and oxygen atoms in total. The highest BCUT2D eigenvalue weighted by Gasteiger charge is 2.06. The molecule has 1 N–H and O–H groups in total. The number of fused-ring (bicyclic) bond motifs is 1. The number of aryl methyl sites for hydroxylation is 1. The molecule has 0 saturated carbocycles. The largest absolute Gasteiger partial charge is 0.497 e. The Kier molecular flexibility index (Phi) is 4.62. The standard InChI is InChI=1S/C17H23N5O/c1-13-6-8-18-22(13)11-10-21(2)9-7-17-19-15-5-4-14(23-3)12-16(15)20-17/h4-6,8,12H,7,9-11H2,1-3H3,(H,19,20). The van der Waals surface area contributed by atoms with Gasteiger partial charge in [-0.2, -0.15) is 5.10 Å². The van der Waals surface area contributed by atoms with Crippen molar-refractivity contribution in [1.82, 2.24) is 24.6 Å². The topological polar surface area (TPSA) is 59.0 Å². The quantitative estimate of drug-likeness (QED) is 0.727. The molecule has 122 valence electrons. The zero-order chi connectivity index (χ0) is 16.2. The van der Waals surface area contributed by atoms with Gasteiger partial charge in [-0.15, -0.1) is 0 Å². The molecule has 0 spiro atoms. The van der Waals surface area contributed by atoms with E-state index in [9.17, 15) is 0 Å². The van der Waals surface area contributed by atoms with E-state index >= 15 is 0 Å². The van der Waals surface area contributed by atoms with Gasteiger partial charge in [0.2, 0.25) is 0 Å². The number of hydrogen-bond acceptors (Lipinski definition) is 4. The van der Waals surface area contributed by atoms with Crippen LogP contribution < -0.4 is 4.74 Å². The molecule has 0 unspecified atom stereocenters. The second-order valence-corrected chi connectivity index (χ2v) is 5.82. The van der Waals surface area contributed by atoms with Crippen LogP contribution in [0.2, 0.25) is 0 Å². The average Bonchev–Trinajstić information content (AvgIpc) is 3.15. The smallest absolute Gasteiger partial charge is 0.121 e. The fourth-order valence-corrected chi connectivity index (χ4v) is 2.59. The molecule has 0 fully saturated rings. The molecule has 6 heteroatoms. The van der Waals surface area contributed by atoms with Crippen LogP contribution in [0.4, 0.5) is 0 Å². The summed E-state index contributed by atoms with van der Waals surface area (Å²) in [6.45, 7) is 4.91. The van der Waals surface area contributed by atoms with Crippen molar-refractivity contribution in [3.05, 3.63) is 42.0 Å². The van der Waals surface area contributed by atoms with Crippen molar-refractivity contribution >= 4 is 11.0 Å². The predicted molar refractivity (Wildman–Crippen MR) is 90.8 cm³/mol. The van der Waals surface area contributed by atoms with Crippen LogP contribution in [0.5, 0.6) is 5.75 Å². The van der Waals surface area contributed by atoms with Crippen molar-refractivity contribution in [3.8, 4) is 5.75 Å². The van der Waals surface area contributed by atoms with Crippen LogP contribution in [0.1, 0.15) is 11.5 Å². The van der Waals surface area contributed by atoms with E-state index in [1.54, 1.807) is 7.11 Å². The first-order valence-corrected chi connectivity index (χ1v) is 7.85. The highest BCUT2D eigenvalue weighted by atomic mass is 16.5. The molecule has 2 heterocycles. The molecular weight excluding hydrogens is 290 g/mol. The lowest BCUT2D eigenvalue weighted by Gasteiger charge is -2.16. The minimum Gasteiger partial charge on any atom is -0.497 e. The van der Waals surface area contributed by atoms with Crippen molar-refractivity contribution in [2.75, 3.05) is 27.2 Å². The number of imidazole rings is 1. The third-order valence-electron chi connectivity index (χ3n) is 4.09. The summed E-state index contributed by atoms with van der Waals surface area (Å²) in [6.07, 6.45) is 2.74. The third kappa shape index (κ3) is 3.71. The van der Waals surface area contributed by atoms with E-state index in [2.05, 4.69) is 33.9 Å². The van der Waals surface area contributed by atoms with Crippen LogP contribution in [-0.4, -0.2) is 51.9 Å². The van der Waals surface area contributed by atoms with Gasteiger partial charge in [-0.05, 0) is 32.2 Å². The van der Waals surface area contributed by atoms with Gasteiger partial charge in [0.1, 0.15) is 11.6 Å². The SMILES string of the molecule is COc1ccc2nc(CCN(C)CCn3nccc3C)[nH]c2c1. The van der Waals surface area contributed by atoms with E-state index in [-0.39, 0.29) is 0 Å². The molecule has 3 aromatic rings. The fourth-order valence-electron chi connectivity index (χ4n) is 2.59. The first-order valence-electron chi connectivity index (χ1n) is 7.85. The number of hydrogen-bond donors (Lipinski definition) is 1. The van der Waals surface area contributed by atoms with E-state index in [1.807, 2.05) is 35.1 Å². The second kappa shape index (κ2) is 6.83. The number of methoxy groups -OCH3 is 1. The Labute approximate surface area is 136 Å². The Morgan fingerprint density at radius 1 is 1.26 bits per heavy atom. The van der Waals surface area contributed by atoms with Crippen molar-refractivity contribution in [2.24, 2.45) is 0 Å². The summed E-state index contributed by atoms with van der Waals surface area (Å²) >= 11 is 0. The number of aromatic amines is 1. The van der Waals surface area contributed by atoms with E-state index in [0.717, 1.165) is 48.7 Å². The lowest BCUT2D eigenvalue weighted by atomic mass is 10.3. The normalized spacial score (nSPS) is 11.5. The molecule has 0 amide bonds. The number of H-pyrrole nitrogens is 1. The Bertz CT molecular complexity index is 776. The highest BCUT2D eigenvalue weighted by Crippen LogP contribution is 2.18. The number of nitrogens with zero attached hydrogens (tertiary/aromatic N) is 4. The van der Waals surface area contributed by atoms with Gasteiger partial charge in [-0.25, -0.2) is 4.98 Å². The zero-order valence-corrected chi connectivity index (χ0v) is 13.9. The monoisotopic (exact) mass is 313 g/mol. The van der Waals surface area contributed by atoms with Crippen LogP contribution in [0.25, 0.3) is 11.0 Å². The average molecular weight is 313 g/mol. The molecular formula is C17H23N5O. The van der Waals surface area contributed by atoms with Crippen LogP contribution >= 0.6 is 0 Å². The van der Waals surface area contributed by atoms with Gasteiger partial charge < -0.3 is 14.6 Å². The van der Waals surface area contributed by atoms with Crippen LogP contribution in [0, 0.1) is 6.92 Å². The number of nitrogens with one attached hydrogen (secondary N) is 1. The minimum atomic E-state index is 0.847. The van der Waals surface area contributed by atoms with Gasteiger partial charge in [0.05, 0.1) is 24.7 Å². The number of ether oxygens (including phenoxy) is 1. The van der Waals surface area contributed by atoms with E-state index in [4.69, 9.17) is 4.74 Å². The van der Waals surface area contributed by atoms with Gasteiger partial charge in [-0.3, -0.25) is 4.68 Å². The van der Waals surface area contributed by atoms with Gasteiger partial charge >= 0.3 is 0 Å². The molecule has 0 bridgehead atoms. The number of aromatic nitrogens is 4. The second-order valence-electron chi connectivity index (χ2n) is 5.82. The summed E-state index contributed by atoms with van der Waals surface area (Å²) in [5.41, 5.74) is 3.20. The summed E-state index contributed by atoms with van der Waals surface area (Å²) in [6, 6.07) is 7.93. The Morgan fingerprint density at radius 2 is 2.13 bits per heavy atom. The molecule has 0 aliphatic carbocycles. The molecule has 1 aromatic carbocycles. The number of likely N-dealkylation sites (N-methyl/N-ethyl adjacent to an activating group) is 1. The zero-order valence-electron chi connectivity index (χ0n) is 13.9. The summed E-state index contributed by atoms with van der Waals surface area (Å²) in [4.78, 5) is 10.3. The summed E-state index contributed by atoms with van der Waals surface area (Å²) < 4.78 is 7.27. The Morgan fingerprint density at radius 3 is 2.87 bits per heavy atom. The molecule has 23 heavy (non-hydrogen) atoms. The Balaban J connectivity index is 1.54. The number of rotatable bonds is 7. The maximum absolute atomic E-state index is 5.24. The molecule has 0 saturated heterocycles. The summed E-state index contributed by atoms with van der Waals surface area (Å²) in [5, 5.41) is 4.31. The Hall–Kier alpha value is -2.34. The van der Waals surface area contributed by atoms with Gasteiger partial charge in [0, 0.05) is 37.5 Å². The maximum Gasteiger partial charge on any atom is 0.121 e. The van der Waals surface area contributed by atoms with Crippen molar-refractivity contribution in [2.45, 2.75) is 19.9 Å². The summed E-state index contributed by atoms with van der Waals surface area (Å²) in [5.74, 6) is 1.86. The lowest BCUT2D eigenvalue weighted by molar-refractivity contribution is 0.313. The number of benzene rings is 1. The first-order chi connectivity index (χ1) is 11.2. The predicted octanol–water partition coefficient (Wildman–Crippen LogP) is 2.25. The fraction of sp³-hybridized carbons (Fsp3) is 0.412. The van der Waals surface area contributed by atoms with Crippen LogP contribution in [0.15, 0.2) is 30.5 Å². The molecule has 2 aromatic heterocycles.